The van der Waals surface area contributed by atoms with Gasteiger partial charge in [0.05, 0.1) is 0 Å². The average Bonchev–Trinajstić information content (AvgIpc) is 2.29. The fraction of sp³-hybridized carbons (Fsp3) is 1.00. The van der Waals surface area contributed by atoms with Gasteiger partial charge in [0.2, 0.25) is 0 Å². The van der Waals surface area contributed by atoms with Crippen molar-refractivity contribution in [2.75, 3.05) is 19.6 Å². The Balaban J connectivity index is 2.26. The van der Waals surface area contributed by atoms with Crippen LogP contribution in [0, 0.1) is 11.8 Å². The molecule has 0 N–H and O–H groups in total. The summed E-state index contributed by atoms with van der Waals surface area (Å²) in [6.45, 7) is 11.1. The first-order chi connectivity index (χ1) is 6.72. The third-order valence-corrected chi connectivity index (χ3v) is 3.37. The van der Waals surface area contributed by atoms with E-state index in [1.807, 2.05) is 0 Å². The highest BCUT2D eigenvalue weighted by atomic mass is 15.1. The topological polar surface area (TPSA) is 3.24 Å². The van der Waals surface area contributed by atoms with Gasteiger partial charge in [-0.25, -0.2) is 0 Å². The van der Waals surface area contributed by atoms with Gasteiger partial charge in [0.25, 0.3) is 0 Å². The first-order valence-corrected chi connectivity index (χ1v) is 6.44. The summed E-state index contributed by atoms with van der Waals surface area (Å²) in [5.41, 5.74) is 0. The summed E-state index contributed by atoms with van der Waals surface area (Å²) in [5, 5.41) is 0. The van der Waals surface area contributed by atoms with Crippen LogP contribution in [0.5, 0.6) is 0 Å². The SMILES string of the molecule is CCCCCN1CC(C)CCC(C)C1. The highest BCUT2D eigenvalue weighted by Gasteiger charge is 2.18. The zero-order chi connectivity index (χ0) is 10.4. The molecule has 1 aliphatic rings. The molecule has 0 amide bonds. The van der Waals surface area contributed by atoms with Gasteiger partial charge in [-0.1, -0.05) is 33.6 Å². The zero-order valence-corrected chi connectivity index (χ0v) is 10.3. The van der Waals surface area contributed by atoms with Gasteiger partial charge < -0.3 is 4.90 Å². The van der Waals surface area contributed by atoms with E-state index in [4.69, 9.17) is 0 Å². The highest BCUT2D eigenvalue weighted by Crippen LogP contribution is 2.20. The van der Waals surface area contributed by atoms with Gasteiger partial charge in [-0.2, -0.15) is 0 Å². The van der Waals surface area contributed by atoms with Gasteiger partial charge in [-0.3, -0.25) is 0 Å². The average molecular weight is 197 g/mol. The quantitative estimate of drug-likeness (QED) is 0.623. The standard InChI is InChI=1S/C13H27N/c1-4-5-6-9-14-10-12(2)7-8-13(3)11-14/h12-13H,4-11H2,1-3H3. The van der Waals surface area contributed by atoms with E-state index in [-0.39, 0.29) is 0 Å². The lowest BCUT2D eigenvalue weighted by molar-refractivity contribution is 0.232. The van der Waals surface area contributed by atoms with Crippen molar-refractivity contribution in [1.29, 1.82) is 0 Å². The molecule has 84 valence electrons. The molecule has 0 radical (unpaired) electrons. The minimum atomic E-state index is 0.918. The number of nitrogens with zero attached hydrogens (tertiary/aromatic N) is 1. The summed E-state index contributed by atoms with van der Waals surface area (Å²) >= 11 is 0. The lowest BCUT2D eigenvalue weighted by atomic mass is 10.0. The predicted molar refractivity (Wildman–Crippen MR) is 63.5 cm³/mol. The first-order valence-electron chi connectivity index (χ1n) is 6.44. The number of hydrogen-bond acceptors (Lipinski definition) is 1. The van der Waals surface area contributed by atoms with E-state index >= 15 is 0 Å². The lowest BCUT2D eigenvalue weighted by Gasteiger charge is -2.23. The van der Waals surface area contributed by atoms with Crippen LogP contribution in [0.2, 0.25) is 0 Å². The molecule has 0 bridgehead atoms. The molecule has 1 fully saturated rings. The number of unbranched alkanes of at least 4 members (excludes halogenated alkanes) is 2. The molecule has 2 atom stereocenters. The van der Waals surface area contributed by atoms with Crippen molar-refractivity contribution in [3.05, 3.63) is 0 Å². The van der Waals surface area contributed by atoms with Gasteiger partial charge in [0.15, 0.2) is 0 Å². The highest BCUT2D eigenvalue weighted by molar-refractivity contribution is 4.72. The summed E-state index contributed by atoms with van der Waals surface area (Å²) in [6, 6.07) is 0. The van der Waals surface area contributed by atoms with Gasteiger partial charge in [0, 0.05) is 13.1 Å². The summed E-state index contributed by atoms with van der Waals surface area (Å²) in [7, 11) is 0. The van der Waals surface area contributed by atoms with Gasteiger partial charge in [0.1, 0.15) is 0 Å². The van der Waals surface area contributed by atoms with E-state index in [9.17, 15) is 0 Å². The largest absolute Gasteiger partial charge is 0.303 e. The molecule has 1 aliphatic heterocycles. The second-order valence-electron chi connectivity index (χ2n) is 5.25. The second kappa shape index (κ2) is 6.44. The van der Waals surface area contributed by atoms with Crippen molar-refractivity contribution in [1.82, 2.24) is 4.90 Å². The summed E-state index contributed by atoms with van der Waals surface area (Å²) < 4.78 is 0. The molecule has 0 aromatic heterocycles. The van der Waals surface area contributed by atoms with E-state index in [0.717, 1.165) is 11.8 Å². The lowest BCUT2D eigenvalue weighted by Crippen LogP contribution is -2.30. The Labute approximate surface area is 89.9 Å². The van der Waals surface area contributed by atoms with Crippen molar-refractivity contribution in [2.24, 2.45) is 11.8 Å². The van der Waals surface area contributed by atoms with E-state index in [0.29, 0.717) is 0 Å². The molecule has 0 saturated carbocycles. The Kier molecular flexibility index (Phi) is 5.54. The summed E-state index contributed by atoms with van der Waals surface area (Å²) in [5.74, 6) is 1.84. The Morgan fingerprint density at radius 3 is 2.07 bits per heavy atom. The third kappa shape index (κ3) is 4.45. The number of likely N-dealkylation sites (tertiary alicyclic amines) is 1. The van der Waals surface area contributed by atoms with Crippen LogP contribution in [-0.2, 0) is 0 Å². The van der Waals surface area contributed by atoms with Crippen LogP contribution >= 0.6 is 0 Å². The van der Waals surface area contributed by atoms with Crippen LogP contribution in [0.3, 0.4) is 0 Å². The molecule has 1 heterocycles. The zero-order valence-electron chi connectivity index (χ0n) is 10.3. The molecule has 0 aromatic carbocycles. The van der Waals surface area contributed by atoms with Crippen molar-refractivity contribution < 1.29 is 0 Å². The van der Waals surface area contributed by atoms with Crippen molar-refractivity contribution in [3.63, 3.8) is 0 Å². The molecule has 1 nitrogen and oxygen atoms in total. The molecule has 0 spiro atoms. The van der Waals surface area contributed by atoms with E-state index in [1.165, 1.54) is 51.7 Å². The molecule has 1 heteroatoms. The number of hydrogen-bond donors (Lipinski definition) is 0. The van der Waals surface area contributed by atoms with Crippen molar-refractivity contribution in [3.8, 4) is 0 Å². The third-order valence-electron chi connectivity index (χ3n) is 3.37. The maximum absolute atomic E-state index is 2.69. The van der Waals surface area contributed by atoms with Crippen molar-refractivity contribution in [2.45, 2.75) is 52.9 Å². The van der Waals surface area contributed by atoms with Crippen LogP contribution in [-0.4, -0.2) is 24.5 Å². The molecule has 1 rings (SSSR count). The molecular formula is C13H27N. The van der Waals surface area contributed by atoms with Crippen molar-refractivity contribution >= 4 is 0 Å². The Morgan fingerprint density at radius 2 is 1.57 bits per heavy atom. The van der Waals surface area contributed by atoms with Gasteiger partial charge >= 0.3 is 0 Å². The summed E-state index contributed by atoms with van der Waals surface area (Å²) in [4.78, 5) is 2.69. The second-order valence-corrected chi connectivity index (χ2v) is 5.25. The minimum Gasteiger partial charge on any atom is -0.303 e. The predicted octanol–water partition coefficient (Wildman–Crippen LogP) is 3.54. The van der Waals surface area contributed by atoms with Crippen LogP contribution in [0.4, 0.5) is 0 Å². The fourth-order valence-electron chi connectivity index (χ4n) is 2.48. The number of rotatable bonds is 4. The van der Waals surface area contributed by atoms with Gasteiger partial charge in [-0.15, -0.1) is 0 Å². The maximum atomic E-state index is 2.69. The molecule has 0 aromatic rings. The minimum absolute atomic E-state index is 0.918. The van der Waals surface area contributed by atoms with Crippen LogP contribution < -0.4 is 0 Å². The Hall–Kier alpha value is -0.0400. The molecule has 0 aliphatic carbocycles. The fourth-order valence-corrected chi connectivity index (χ4v) is 2.48. The Bertz CT molecular complexity index is 132. The first kappa shape index (κ1) is 12.0. The van der Waals surface area contributed by atoms with E-state index in [1.54, 1.807) is 0 Å². The summed E-state index contributed by atoms with van der Waals surface area (Å²) in [6.07, 6.45) is 7.02. The Morgan fingerprint density at radius 1 is 1.00 bits per heavy atom. The molecule has 14 heavy (non-hydrogen) atoms. The molecular weight excluding hydrogens is 170 g/mol. The molecule has 2 unspecified atom stereocenters. The monoisotopic (exact) mass is 197 g/mol. The normalized spacial score (nSPS) is 30.2. The van der Waals surface area contributed by atoms with Crippen LogP contribution in [0.15, 0.2) is 0 Å². The van der Waals surface area contributed by atoms with E-state index in [2.05, 4.69) is 25.7 Å². The molecule has 1 saturated heterocycles. The van der Waals surface area contributed by atoms with Crippen LogP contribution in [0.25, 0.3) is 0 Å². The van der Waals surface area contributed by atoms with E-state index < -0.39 is 0 Å². The maximum Gasteiger partial charge on any atom is 0.000713 e. The van der Waals surface area contributed by atoms with Gasteiger partial charge in [-0.05, 0) is 37.6 Å². The smallest absolute Gasteiger partial charge is 0.000713 e. The van der Waals surface area contributed by atoms with Crippen LogP contribution in [0.1, 0.15) is 52.9 Å².